The molecular formula is C22H27N5. The second kappa shape index (κ2) is 9.03. The van der Waals surface area contributed by atoms with Gasteiger partial charge in [0.15, 0.2) is 0 Å². The van der Waals surface area contributed by atoms with E-state index in [9.17, 15) is 0 Å². The first kappa shape index (κ1) is 18.7. The van der Waals surface area contributed by atoms with Gasteiger partial charge in [-0.05, 0) is 68.3 Å². The molecule has 5 heteroatoms. The highest BCUT2D eigenvalue weighted by molar-refractivity contribution is 5.61. The largest absolute Gasteiger partial charge is 0.372 e. The predicted octanol–water partition coefficient (Wildman–Crippen LogP) is 5.37. The van der Waals surface area contributed by atoms with Crippen molar-refractivity contribution in [2.24, 2.45) is 0 Å². The summed E-state index contributed by atoms with van der Waals surface area (Å²) in [5, 5.41) is 6.59. The van der Waals surface area contributed by atoms with E-state index in [0.717, 1.165) is 36.7 Å². The van der Waals surface area contributed by atoms with Crippen LogP contribution in [0.1, 0.15) is 26.3 Å². The third-order valence-electron chi connectivity index (χ3n) is 4.54. The molecule has 0 bridgehead atoms. The minimum Gasteiger partial charge on any atom is -0.372 e. The molecule has 2 aromatic carbocycles. The molecule has 0 saturated carbocycles. The number of aryl methyl sites for hydroxylation is 1. The lowest BCUT2D eigenvalue weighted by molar-refractivity contribution is 0.866. The number of benzene rings is 2. The van der Waals surface area contributed by atoms with Crippen molar-refractivity contribution in [3.05, 3.63) is 66.4 Å². The fourth-order valence-corrected chi connectivity index (χ4v) is 2.93. The van der Waals surface area contributed by atoms with Gasteiger partial charge >= 0.3 is 0 Å². The lowest BCUT2D eigenvalue weighted by atomic mass is 10.1. The summed E-state index contributed by atoms with van der Waals surface area (Å²) in [6, 6.07) is 18.6. The van der Waals surface area contributed by atoms with Crippen LogP contribution in [0.2, 0.25) is 0 Å². The van der Waals surface area contributed by atoms with Crippen molar-refractivity contribution < 1.29 is 0 Å². The number of rotatable bonds is 8. The van der Waals surface area contributed by atoms with Crippen LogP contribution in [0.3, 0.4) is 0 Å². The van der Waals surface area contributed by atoms with E-state index in [0.29, 0.717) is 5.95 Å². The molecule has 1 aromatic heterocycles. The SMILES string of the molecule is CCc1ccc(Nc2ccnc(Nc3ccc(N(CC)CC)cc3)n2)cc1. The van der Waals surface area contributed by atoms with Crippen LogP contribution in [0.4, 0.5) is 28.8 Å². The summed E-state index contributed by atoms with van der Waals surface area (Å²) in [6.45, 7) is 8.48. The fraction of sp³-hybridized carbons (Fsp3) is 0.273. The van der Waals surface area contributed by atoms with Gasteiger partial charge in [-0.3, -0.25) is 0 Å². The zero-order chi connectivity index (χ0) is 19.1. The first-order chi connectivity index (χ1) is 13.2. The van der Waals surface area contributed by atoms with Crippen LogP contribution in [-0.4, -0.2) is 23.1 Å². The van der Waals surface area contributed by atoms with E-state index in [4.69, 9.17) is 0 Å². The Kier molecular flexibility index (Phi) is 6.26. The van der Waals surface area contributed by atoms with Crippen LogP contribution in [0.5, 0.6) is 0 Å². The molecule has 0 unspecified atom stereocenters. The van der Waals surface area contributed by atoms with Crippen LogP contribution >= 0.6 is 0 Å². The Morgan fingerprint density at radius 1 is 0.778 bits per heavy atom. The van der Waals surface area contributed by atoms with E-state index in [2.05, 4.69) is 94.8 Å². The van der Waals surface area contributed by atoms with E-state index in [1.807, 2.05) is 6.07 Å². The number of nitrogens with one attached hydrogen (secondary N) is 2. The molecule has 0 radical (unpaired) electrons. The Morgan fingerprint density at radius 3 is 2.04 bits per heavy atom. The second-order valence-corrected chi connectivity index (χ2v) is 6.29. The molecule has 140 valence electrons. The first-order valence-electron chi connectivity index (χ1n) is 9.52. The normalized spacial score (nSPS) is 10.5. The molecular weight excluding hydrogens is 334 g/mol. The summed E-state index contributed by atoms with van der Waals surface area (Å²) in [5.74, 6) is 1.33. The summed E-state index contributed by atoms with van der Waals surface area (Å²) in [6.07, 6.45) is 2.79. The lowest BCUT2D eigenvalue weighted by Gasteiger charge is -2.21. The molecule has 2 N–H and O–H groups in total. The average Bonchev–Trinajstić information content (AvgIpc) is 2.71. The number of aromatic nitrogens is 2. The van der Waals surface area contributed by atoms with Gasteiger partial charge in [-0.1, -0.05) is 19.1 Å². The fourth-order valence-electron chi connectivity index (χ4n) is 2.93. The van der Waals surface area contributed by atoms with Gasteiger partial charge in [0.1, 0.15) is 5.82 Å². The summed E-state index contributed by atoms with van der Waals surface area (Å²) in [4.78, 5) is 11.2. The van der Waals surface area contributed by atoms with E-state index < -0.39 is 0 Å². The summed E-state index contributed by atoms with van der Waals surface area (Å²) in [5.41, 5.74) is 4.52. The maximum absolute atomic E-state index is 4.55. The van der Waals surface area contributed by atoms with Gasteiger partial charge in [-0.25, -0.2) is 4.98 Å². The zero-order valence-corrected chi connectivity index (χ0v) is 16.2. The van der Waals surface area contributed by atoms with Crippen molar-refractivity contribution in [1.82, 2.24) is 9.97 Å². The van der Waals surface area contributed by atoms with Gasteiger partial charge in [0.2, 0.25) is 5.95 Å². The topological polar surface area (TPSA) is 53.1 Å². The van der Waals surface area contributed by atoms with Crippen LogP contribution in [0.15, 0.2) is 60.8 Å². The molecule has 0 aliphatic rings. The number of anilines is 5. The first-order valence-corrected chi connectivity index (χ1v) is 9.52. The average molecular weight is 361 g/mol. The molecule has 0 spiro atoms. The molecule has 0 atom stereocenters. The van der Waals surface area contributed by atoms with E-state index in [-0.39, 0.29) is 0 Å². The maximum Gasteiger partial charge on any atom is 0.229 e. The predicted molar refractivity (Wildman–Crippen MR) is 114 cm³/mol. The molecule has 5 nitrogen and oxygen atoms in total. The van der Waals surface area contributed by atoms with E-state index in [1.54, 1.807) is 6.20 Å². The van der Waals surface area contributed by atoms with Crippen molar-refractivity contribution in [1.29, 1.82) is 0 Å². The summed E-state index contributed by atoms with van der Waals surface area (Å²) < 4.78 is 0. The summed E-state index contributed by atoms with van der Waals surface area (Å²) in [7, 11) is 0. The Bertz CT molecular complexity index is 839. The van der Waals surface area contributed by atoms with Crippen molar-refractivity contribution >= 4 is 28.8 Å². The quantitative estimate of drug-likeness (QED) is 0.565. The van der Waals surface area contributed by atoms with E-state index >= 15 is 0 Å². The smallest absolute Gasteiger partial charge is 0.229 e. The Hall–Kier alpha value is -3.08. The van der Waals surface area contributed by atoms with Crippen molar-refractivity contribution in [3.8, 4) is 0 Å². The van der Waals surface area contributed by atoms with Gasteiger partial charge in [0.25, 0.3) is 0 Å². The van der Waals surface area contributed by atoms with Gasteiger partial charge < -0.3 is 15.5 Å². The van der Waals surface area contributed by atoms with Crippen molar-refractivity contribution in [2.75, 3.05) is 28.6 Å². The highest BCUT2D eigenvalue weighted by Gasteiger charge is 2.04. The molecule has 0 aliphatic carbocycles. The Morgan fingerprint density at radius 2 is 1.41 bits per heavy atom. The molecule has 1 heterocycles. The van der Waals surface area contributed by atoms with Gasteiger partial charge in [0, 0.05) is 36.3 Å². The highest BCUT2D eigenvalue weighted by atomic mass is 15.1. The molecule has 3 rings (SSSR count). The minimum absolute atomic E-state index is 0.570. The maximum atomic E-state index is 4.55. The molecule has 0 fully saturated rings. The number of nitrogens with zero attached hydrogens (tertiary/aromatic N) is 3. The van der Waals surface area contributed by atoms with Crippen molar-refractivity contribution in [3.63, 3.8) is 0 Å². The Balaban J connectivity index is 1.68. The van der Waals surface area contributed by atoms with Gasteiger partial charge in [0.05, 0.1) is 0 Å². The van der Waals surface area contributed by atoms with Crippen molar-refractivity contribution in [2.45, 2.75) is 27.2 Å². The van der Waals surface area contributed by atoms with Crippen LogP contribution in [0.25, 0.3) is 0 Å². The minimum atomic E-state index is 0.570. The van der Waals surface area contributed by atoms with E-state index in [1.165, 1.54) is 11.3 Å². The number of hydrogen-bond donors (Lipinski definition) is 2. The van der Waals surface area contributed by atoms with Gasteiger partial charge in [-0.2, -0.15) is 4.98 Å². The Labute approximate surface area is 161 Å². The monoisotopic (exact) mass is 361 g/mol. The molecule has 27 heavy (non-hydrogen) atoms. The zero-order valence-electron chi connectivity index (χ0n) is 16.2. The highest BCUT2D eigenvalue weighted by Crippen LogP contribution is 2.21. The third kappa shape index (κ3) is 4.97. The second-order valence-electron chi connectivity index (χ2n) is 6.29. The van der Waals surface area contributed by atoms with Crippen LogP contribution in [-0.2, 0) is 6.42 Å². The molecule has 0 amide bonds. The number of hydrogen-bond acceptors (Lipinski definition) is 5. The third-order valence-corrected chi connectivity index (χ3v) is 4.54. The van der Waals surface area contributed by atoms with Crippen LogP contribution in [0, 0.1) is 0 Å². The van der Waals surface area contributed by atoms with Gasteiger partial charge in [-0.15, -0.1) is 0 Å². The molecule has 3 aromatic rings. The molecule has 0 aliphatic heterocycles. The standard InChI is InChI=1S/C22H27N5/c1-4-17-7-9-18(10-8-17)24-21-15-16-23-22(26-21)25-19-11-13-20(14-12-19)27(5-2)6-3/h7-16H,4-6H2,1-3H3,(H2,23,24,25,26). The lowest BCUT2D eigenvalue weighted by Crippen LogP contribution is -2.21. The summed E-state index contributed by atoms with van der Waals surface area (Å²) >= 11 is 0. The van der Waals surface area contributed by atoms with Crippen LogP contribution < -0.4 is 15.5 Å². The molecule has 0 saturated heterocycles.